The molecule has 1 atom stereocenters. The first-order valence-electron chi connectivity index (χ1n) is 5.16. The van der Waals surface area contributed by atoms with Gasteiger partial charge in [-0.2, -0.15) is 0 Å². The Hall–Kier alpha value is -1.66. The number of nitrogens with zero attached hydrogens (tertiary/aromatic N) is 2. The van der Waals surface area contributed by atoms with Gasteiger partial charge < -0.3 is 10.6 Å². The zero-order valence-corrected chi connectivity index (χ0v) is 11.0. The molecule has 1 aromatic carbocycles. The average molecular weight is 274 g/mol. The Morgan fingerprint density at radius 2 is 2.06 bits per heavy atom. The van der Waals surface area contributed by atoms with Gasteiger partial charge in [0.15, 0.2) is 0 Å². The zero-order valence-electron chi connectivity index (χ0n) is 10.2. The number of nitro groups is 1. The largest absolute Gasteiger partial charge is 0.340 e. The van der Waals surface area contributed by atoms with Crippen LogP contribution in [0, 0.1) is 10.1 Å². The number of nitro benzene ring substituents is 1. The molecule has 0 spiro atoms. The van der Waals surface area contributed by atoms with Gasteiger partial charge in [0, 0.05) is 18.7 Å². The third-order valence-electron chi connectivity index (χ3n) is 2.36. The van der Waals surface area contributed by atoms with E-state index < -0.39 is 11.0 Å². The number of benzene rings is 1. The van der Waals surface area contributed by atoms with E-state index in [1.54, 1.807) is 32.2 Å². The molecule has 0 aliphatic carbocycles. The van der Waals surface area contributed by atoms with Gasteiger partial charge in [-0.05, 0) is 6.92 Å². The van der Waals surface area contributed by atoms with Gasteiger partial charge >= 0.3 is 0 Å². The molecule has 0 heterocycles. The van der Waals surface area contributed by atoms with Gasteiger partial charge in [-0.3, -0.25) is 14.9 Å². The summed E-state index contributed by atoms with van der Waals surface area (Å²) in [5.41, 5.74) is 5.97. The van der Waals surface area contributed by atoms with Gasteiger partial charge in [0.25, 0.3) is 5.69 Å². The van der Waals surface area contributed by atoms with Crippen LogP contribution >= 0.6 is 12.4 Å². The van der Waals surface area contributed by atoms with Gasteiger partial charge in [-0.25, -0.2) is 0 Å². The van der Waals surface area contributed by atoms with Crippen LogP contribution in [0.2, 0.25) is 0 Å². The molecule has 0 aliphatic rings. The van der Waals surface area contributed by atoms with Crippen LogP contribution in [0.4, 0.5) is 5.69 Å². The van der Waals surface area contributed by atoms with E-state index in [1.165, 1.54) is 11.0 Å². The van der Waals surface area contributed by atoms with Gasteiger partial charge in [-0.15, -0.1) is 12.4 Å². The number of hydrogen-bond donors (Lipinski definition) is 1. The first kappa shape index (κ1) is 16.3. The van der Waals surface area contributed by atoms with E-state index in [0.29, 0.717) is 5.56 Å². The van der Waals surface area contributed by atoms with E-state index in [9.17, 15) is 14.9 Å². The Morgan fingerprint density at radius 1 is 1.50 bits per heavy atom. The molecule has 100 valence electrons. The van der Waals surface area contributed by atoms with E-state index >= 15 is 0 Å². The van der Waals surface area contributed by atoms with Crippen LogP contribution in [0.1, 0.15) is 12.5 Å². The number of amides is 1. The predicted octanol–water partition coefficient (Wildman–Crippen LogP) is 1.32. The highest BCUT2D eigenvalue weighted by Crippen LogP contribution is 2.19. The number of rotatable bonds is 4. The molecule has 0 fully saturated rings. The van der Waals surface area contributed by atoms with Crippen molar-refractivity contribution in [3.63, 3.8) is 0 Å². The number of nitrogens with two attached hydrogens (primary N) is 1. The summed E-state index contributed by atoms with van der Waals surface area (Å²) in [6.45, 7) is 1.76. The Balaban J connectivity index is 0.00000289. The fourth-order valence-electron chi connectivity index (χ4n) is 1.50. The molecule has 1 amide bonds. The van der Waals surface area contributed by atoms with Gasteiger partial charge in [-0.1, -0.05) is 18.2 Å². The number of hydrogen-bond acceptors (Lipinski definition) is 4. The molecule has 0 saturated heterocycles. The van der Waals surface area contributed by atoms with Crippen molar-refractivity contribution >= 4 is 24.0 Å². The normalized spacial score (nSPS) is 11.3. The summed E-state index contributed by atoms with van der Waals surface area (Å²) in [7, 11) is 1.57. The molecule has 7 heteroatoms. The van der Waals surface area contributed by atoms with Crippen molar-refractivity contribution in [2.24, 2.45) is 5.73 Å². The lowest BCUT2D eigenvalue weighted by molar-refractivity contribution is -0.385. The first-order valence-corrected chi connectivity index (χ1v) is 5.16. The summed E-state index contributed by atoms with van der Waals surface area (Å²) in [5, 5.41) is 10.8. The third-order valence-corrected chi connectivity index (χ3v) is 2.36. The number of likely N-dealkylation sites (N-methyl/N-ethyl adjacent to an activating group) is 1. The minimum Gasteiger partial charge on any atom is -0.340 e. The molecule has 1 rings (SSSR count). The van der Waals surface area contributed by atoms with Crippen molar-refractivity contribution in [2.45, 2.75) is 19.5 Å². The molecule has 6 nitrogen and oxygen atoms in total. The number of halogens is 1. The minimum absolute atomic E-state index is 0. The van der Waals surface area contributed by atoms with Gasteiger partial charge in [0.05, 0.1) is 17.5 Å². The maximum atomic E-state index is 11.6. The van der Waals surface area contributed by atoms with Crippen LogP contribution in [-0.4, -0.2) is 28.8 Å². The van der Waals surface area contributed by atoms with E-state index in [4.69, 9.17) is 5.73 Å². The second kappa shape index (κ2) is 6.93. The Kier molecular flexibility index (Phi) is 6.29. The maximum absolute atomic E-state index is 11.6. The topological polar surface area (TPSA) is 89.5 Å². The summed E-state index contributed by atoms with van der Waals surface area (Å²) in [6.07, 6.45) is 0. The van der Waals surface area contributed by atoms with Crippen molar-refractivity contribution in [1.82, 2.24) is 4.90 Å². The fourth-order valence-corrected chi connectivity index (χ4v) is 1.50. The molecule has 0 aromatic heterocycles. The van der Waals surface area contributed by atoms with E-state index in [1.807, 2.05) is 0 Å². The standard InChI is InChI=1S/C11H15N3O3.ClH/c1-8(12)11(15)13(2)7-9-5-3-4-6-10(9)14(16)17;/h3-6,8H,7,12H2,1-2H3;1H. The van der Waals surface area contributed by atoms with Crippen LogP contribution in [0.25, 0.3) is 0 Å². The lowest BCUT2D eigenvalue weighted by Crippen LogP contribution is -2.39. The highest BCUT2D eigenvalue weighted by atomic mass is 35.5. The molecule has 0 radical (unpaired) electrons. The van der Waals surface area contributed by atoms with Crippen molar-refractivity contribution in [2.75, 3.05) is 7.05 Å². The van der Waals surface area contributed by atoms with Crippen LogP contribution in [0.5, 0.6) is 0 Å². The van der Waals surface area contributed by atoms with Gasteiger partial charge in [0.2, 0.25) is 5.91 Å². The summed E-state index contributed by atoms with van der Waals surface area (Å²) < 4.78 is 0. The Morgan fingerprint density at radius 3 is 2.56 bits per heavy atom. The lowest BCUT2D eigenvalue weighted by Gasteiger charge is -2.19. The molecule has 1 aromatic rings. The minimum atomic E-state index is -0.609. The molecule has 18 heavy (non-hydrogen) atoms. The second-order valence-electron chi connectivity index (χ2n) is 3.87. The van der Waals surface area contributed by atoms with Crippen LogP contribution in [0.15, 0.2) is 24.3 Å². The molecular weight excluding hydrogens is 258 g/mol. The van der Waals surface area contributed by atoms with E-state index in [-0.39, 0.29) is 30.5 Å². The SMILES string of the molecule is CC(N)C(=O)N(C)Cc1ccccc1[N+](=O)[O-].Cl. The zero-order chi connectivity index (χ0) is 13.0. The monoisotopic (exact) mass is 273 g/mol. The Bertz CT molecular complexity index is 437. The fraction of sp³-hybridized carbons (Fsp3) is 0.364. The quantitative estimate of drug-likeness (QED) is 0.662. The summed E-state index contributed by atoms with van der Waals surface area (Å²) in [6, 6.07) is 5.73. The molecule has 0 saturated carbocycles. The van der Waals surface area contributed by atoms with E-state index in [2.05, 4.69) is 0 Å². The third kappa shape index (κ3) is 3.97. The molecule has 1 unspecified atom stereocenters. The summed E-state index contributed by atoms with van der Waals surface area (Å²) >= 11 is 0. The number of para-hydroxylation sites is 1. The van der Waals surface area contributed by atoms with Gasteiger partial charge in [0.1, 0.15) is 0 Å². The van der Waals surface area contributed by atoms with Crippen LogP contribution < -0.4 is 5.73 Å². The number of carbonyl (C=O) groups is 1. The first-order chi connectivity index (χ1) is 7.93. The summed E-state index contributed by atoms with van der Waals surface area (Å²) in [5.74, 6) is -0.247. The average Bonchev–Trinajstić information content (AvgIpc) is 2.28. The Labute approximate surface area is 111 Å². The highest BCUT2D eigenvalue weighted by molar-refractivity contribution is 5.85. The molecule has 2 N–H and O–H groups in total. The number of carbonyl (C=O) groups excluding carboxylic acids is 1. The highest BCUT2D eigenvalue weighted by Gasteiger charge is 2.18. The maximum Gasteiger partial charge on any atom is 0.274 e. The molecular formula is C11H16ClN3O3. The lowest BCUT2D eigenvalue weighted by atomic mass is 10.1. The van der Waals surface area contributed by atoms with Crippen molar-refractivity contribution in [1.29, 1.82) is 0 Å². The van der Waals surface area contributed by atoms with Crippen molar-refractivity contribution in [3.05, 3.63) is 39.9 Å². The smallest absolute Gasteiger partial charge is 0.274 e. The van der Waals surface area contributed by atoms with Crippen LogP contribution in [0.3, 0.4) is 0 Å². The van der Waals surface area contributed by atoms with E-state index in [0.717, 1.165) is 0 Å². The molecule has 0 aliphatic heterocycles. The summed E-state index contributed by atoms with van der Waals surface area (Å²) in [4.78, 5) is 23.3. The second-order valence-corrected chi connectivity index (χ2v) is 3.87. The molecule has 0 bridgehead atoms. The van der Waals surface area contributed by atoms with Crippen molar-refractivity contribution in [3.8, 4) is 0 Å². The van der Waals surface area contributed by atoms with Crippen LogP contribution in [-0.2, 0) is 11.3 Å². The van der Waals surface area contributed by atoms with Crippen molar-refractivity contribution < 1.29 is 9.72 Å². The predicted molar refractivity (Wildman–Crippen MR) is 70.5 cm³/mol.